The highest BCUT2D eigenvalue weighted by Gasteiger charge is 2.22. The molecule has 0 saturated heterocycles. The van der Waals surface area contributed by atoms with Crippen molar-refractivity contribution in [3.8, 4) is 0 Å². The summed E-state index contributed by atoms with van der Waals surface area (Å²) in [5, 5.41) is 1.36. The van der Waals surface area contributed by atoms with Crippen LogP contribution >= 0.6 is 11.6 Å². The fourth-order valence-corrected chi connectivity index (χ4v) is 2.19. The summed E-state index contributed by atoms with van der Waals surface area (Å²) >= 11 is 6.07. The summed E-state index contributed by atoms with van der Waals surface area (Å²) in [6, 6.07) is 7.01. The number of aromatic nitrogens is 1. The number of ketones is 1. The number of halogens is 1. The number of nitrogens with zero attached hydrogens (tertiary/aromatic N) is 1. The second-order valence-electron chi connectivity index (χ2n) is 3.82. The molecule has 0 aliphatic heterocycles. The van der Waals surface area contributed by atoms with Gasteiger partial charge in [0.2, 0.25) is 0 Å². The predicted molar refractivity (Wildman–Crippen MR) is 68.9 cm³/mol. The summed E-state index contributed by atoms with van der Waals surface area (Å²) in [4.78, 5) is 23.3. The lowest BCUT2D eigenvalue weighted by Gasteiger charge is -2.03. The van der Waals surface area contributed by atoms with Gasteiger partial charge in [0.15, 0.2) is 0 Å². The highest BCUT2D eigenvalue weighted by atomic mass is 35.5. The molecule has 0 aliphatic rings. The molecule has 0 N–H and O–H groups in total. The van der Waals surface area contributed by atoms with Crippen LogP contribution in [0.2, 0.25) is 5.02 Å². The van der Waals surface area contributed by atoms with E-state index in [2.05, 4.69) is 0 Å². The second kappa shape index (κ2) is 4.82. The molecule has 94 valence electrons. The zero-order valence-electron chi connectivity index (χ0n) is 10.1. The highest BCUT2D eigenvalue weighted by Crippen LogP contribution is 2.26. The van der Waals surface area contributed by atoms with Crippen LogP contribution in [-0.2, 0) is 16.6 Å². The number of ether oxygens (including phenoxy) is 1. The molecule has 5 heteroatoms. The van der Waals surface area contributed by atoms with Gasteiger partial charge in [0.1, 0.15) is 0 Å². The van der Waals surface area contributed by atoms with Gasteiger partial charge in [0, 0.05) is 12.4 Å². The maximum Gasteiger partial charge on any atom is 0.381 e. The molecule has 0 bridgehead atoms. The minimum atomic E-state index is -0.848. The molecule has 0 radical (unpaired) electrons. The maximum atomic E-state index is 11.9. The van der Waals surface area contributed by atoms with Gasteiger partial charge in [-0.15, -0.1) is 0 Å². The Morgan fingerprint density at radius 2 is 2.11 bits per heavy atom. The molecular formula is C13H12ClNO3. The number of fused-ring (bicyclic) bond motifs is 1. The Morgan fingerprint density at radius 3 is 2.72 bits per heavy atom. The number of hydrogen-bond donors (Lipinski definition) is 0. The number of Topliss-reactive ketones (excluding diaryl/α,β-unsaturated/α-hetero) is 1. The quantitative estimate of drug-likeness (QED) is 0.487. The first-order valence-electron chi connectivity index (χ1n) is 5.51. The number of rotatable bonds is 3. The molecule has 0 unspecified atom stereocenters. The third-order valence-electron chi connectivity index (χ3n) is 2.70. The smallest absolute Gasteiger partial charge is 0.381 e. The average Bonchev–Trinajstić information content (AvgIpc) is 2.67. The van der Waals surface area contributed by atoms with Gasteiger partial charge in [-0.25, -0.2) is 4.79 Å². The number of aryl methyl sites for hydroxylation is 1. The zero-order valence-corrected chi connectivity index (χ0v) is 10.8. The number of hydrogen-bond acceptors (Lipinski definition) is 3. The van der Waals surface area contributed by atoms with Gasteiger partial charge in [-0.1, -0.05) is 23.7 Å². The minimum absolute atomic E-state index is 0.176. The van der Waals surface area contributed by atoms with Crippen molar-refractivity contribution in [2.24, 2.45) is 7.05 Å². The van der Waals surface area contributed by atoms with Crippen LogP contribution in [0.25, 0.3) is 10.9 Å². The highest BCUT2D eigenvalue weighted by molar-refractivity contribution is 6.41. The first-order chi connectivity index (χ1) is 8.56. The summed E-state index contributed by atoms with van der Waals surface area (Å²) in [6.07, 6.45) is 0. The molecule has 1 aromatic carbocycles. The van der Waals surface area contributed by atoms with Crippen LogP contribution in [0.4, 0.5) is 0 Å². The van der Waals surface area contributed by atoms with Gasteiger partial charge in [-0.2, -0.15) is 0 Å². The van der Waals surface area contributed by atoms with E-state index in [0.29, 0.717) is 5.02 Å². The van der Waals surface area contributed by atoms with Crippen LogP contribution in [0.5, 0.6) is 0 Å². The van der Waals surface area contributed by atoms with Crippen LogP contribution in [-0.4, -0.2) is 22.9 Å². The lowest BCUT2D eigenvalue weighted by molar-refractivity contribution is -0.137. The van der Waals surface area contributed by atoms with Crippen LogP contribution in [0.1, 0.15) is 17.4 Å². The van der Waals surface area contributed by atoms with E-state index < -0.39 is 11.8 Å². The van der Waals surface area contributed by atoms with E-state index in [4.69, 9.17) is 16.3 Å². The molecule has 2 aromatic rings. The Kier molecular flexibility index (Phi) is 3.39. The Morgan fingerprint density at radius 1 is 1.39 bits per heavy atom. The Hall–Kier alpha value is -1.81. The number of para-hydroxylation sites is 1. The summed E-state index contributed by atoms with van der Waals surface area (Å²) in [5.41, 5.74) is 1.00. The first kappa shape index (κ1) is 12.6. The Bertz CT molecular complexity index is 630. The standard InChI is InChI=1S/C13H12ClNO3/c1-3-18-13(17)12(16)10-7-8-5-4-6-9(14)11(8)15(10)2/h4-7H,3H2,1-2H3. The fourth-order valence-electron chi connectivity index (χ4n) is 1.89. The molecular weight excluding hydrogens is 254 g/mol. The van der Waals surface area contributed by atoms with E-state index >= 15 is 0 Å². The first-order valence-corrected chi connectivity index (χ1v) is 5.89. The lowest BCUT2D eigenvalue weighted by atomic mass is 10.2. The van der Waals surface area contributed by atoms with Crippen molar-refractivity contribution in [3.63, 3.8) is 0 Å². The number of esters is 1. The molecule has 0 atom stereocenters. The Labute approximate surface area is 109 Å². The SMILES string of the molecule is CCOC(=O)C(=O)c1cc2cccc(Cl)c2n1C. The van der Waals surface area contributed by atoms with Gasteiger partial charge >= 0.3 is 5.97 Å². The van der Waals surface area contributed by atoms with Crippen molar-refractivity contribution in [1.82, 2.24) is 4.57 Å². The van der Waals surface area contributed by atoms with E-state index in [1.165, 1.54) is 0 Å². The molecule has 1 heterocycles. The summed E-state index contributed by atoms with van der Waals surface area (Å²) in [5.74, 6) is -1.51. The molecule has 0 fully saturated rings. The molecule has 0 aliphatic carbocycles. The minimum Gasteiger partial charge on any atom is -0.460 e. The van der Waals surface area contributed by atoms with E-state index in [1.54, 1.807) is 36.7 Å². The van der Waals surface area contributed by atoms with Crippen molar-refractivity contribution < 1.29 is 14.3 Å². The van der Waals surface area contributed by atoms with Gasteiger partial charge in [-0.3, -0.25) is 4.79 Å². The van der Waals surface area contributed by atoms with Crippen molar-refractivity contribution >= 4 is 34.3 Å². The van der Waals surface area contributed by atoms with E-state index in [1.807, 2.05) is 6.07 Å². The monoisotopic (exact) mass is 265 g/mol. The Balaban J connectivity index is 2.53. The third kappa shape index (κ3) is 1.99. The largest absolute Gasteiger partial charge is 0.460 e. The van der Waals surface area contributed by atoms with Gasteiger partial charge in [0.25, 0.3) is 5.78 Å². The number of carbonyl (C=O) groups is 2. The van der Waals surface area contributed by atoms with Gasteiger partial charge < -0.3 is 9.30 Å². The summed E-state index contributed by atoms with van der Waals surface area (Å²) in [7, 11) is 1.70. The lowest BCUT2D eigenvalue weighted by Crippen LogP contribution is -2.19. The number of carbonyl (C=O) groups excluding carboxylic acids is 2. The average molecular weight is 266 g/mol. The normalized spacial score (nSPS) is 10.6. The van der Waals surface area contributed by atoms with Crippen molar-refractivity contribution in [2.75, 3.05) is 6.61 Å². The van der Waals surface area contributed by atoms with E-state index in [0.717, 1.165) is 10.9 Å². The van der Waals surface area contributed by atoms with Crippen LogP contribution < -0.4 is 0 Å². The molecule has 1 aromatic heterocycles. The number of benzene rings is 1. The molecule has 0 spiro atoms. The van der Waals surface area contributed by atoms with Crippen LogP contribution in [0.15, 0.2) is 24.3 Å². The van der Waals surface area contributed by atoms with Crippen LogP contribution in [0, 0.1) is 0 Å². The van der Waals surface area contributed by atoms with Gasteiger partial charge in [-0.05, 0) is 19.1 Å². The molecule has 0 amide bonds. The second-order valence-corrected chi connectivity index (χ2v) is 4.22. The zero-order chi connectivity index (χ0) is 13.3. The van der Waals surface area contributed by atoms with Crippen LogP contribution in [0.3, 0.4) is 0 Å². The predicted octanol–water partition coefficient (Wildman–Crippen LogP) is 2.58. The summed E-state index contributed by atoms with van der Waals surface area (Å²) < 4.78 is 6.31. The van der Waals surface area contributed by atoms with E-state index in [9.17, 15) is 9.59 Å². The topological polar surface area (TPSA) is 48.3 Å². The summed E-state index contributed by atoms with van der Waals surface area (Å²) in [6.45, 7) is 1.83. The van der Waals surface area contributed by atoms with Crippen molar-refractivity contribution in [3.05, 3.63) is 35.0 Å². The fraction of sp³-hybridized carbons (Fsp3) is 0.231. The molecule has 2 rings (SSSR count). The van der Waals surface area contributed by atoms with Crippen molar-refractivity contribution in [2.45, 2.75) is 6.92 Å². The molecule has 0 saturated carbocycles. The maximum absolute atomic E-state index is 11.9. The molecule has 4 nitrogen and oxygen atoms in total. The van der Waals surface area contributed by atoms with Crippen molar-refractivity contribution in [1.29, 1.82) is 0 Å². The third-order valence-corrected chi connectivity index (χ3v) is 3.01. The van der Waals surface area contributed by atoms with Gasteiger partial charge in [0.05, 0.1) is 22.8 Å². The van der Waals surface area contributed by atoms with E-state index in [-0.39, 0.29) is 12.3 Å². The molecule has 18 heavy (non-hydrogen) atoms.